The highest BCUT2D eigenvalue weighted by atomic mass is 35.5. The molecule has 20 heavy (non-hydrogen) atoms. The maximum Gasteiger partial charge on any atom is 0.277 e. The molecule has 1 heterocycles. The van der Waals surface area contributed by atoms with Crippen LogP contribution in [0.5, 0.6) is 0 Å². The number of nitrogens with two attached hydrogens (primary N) is 1. The summed E-state index contributed by atoms with van der Waals surface area (Å²) in [4.78, 5) is 12.1. The molecule has 0 saturated carbocycles. The number of halogens is 1. The zero-order valence-electron chi connectivity index (χ0n) is 11.1. The molecule has 0 radical (unpaired) electrons. The Labute approximate surface area is 121 Å². The van der Waals surface area contributed by atoms with Crippen molar-refractivity contribution >= 4 is 23.3 Å². The topological polar surface area (TPSA) is 94.0 Å². The summed E-state index contributed by atoms with van der Waals surface area (Å²) in [5, 5.41) is 10.4. The van der Waals surface area contributed by atoms with Gasteiger partial charge in [0, 0.05) is 5.02 Å². The first-order valence-electron chi connectivity index (χ1n) is 6.13. The molecule has 1 aromatic heterocycles. The predicted molar refractivity (Wildman–Crippen MR) is 75.2 cm³/mol. The predicted octanol–water partition coefficient (Wildman–Crippen LogP) is 2.43. The second kappa shape index (κ2) is 5.92. The summed E-state index contributed by atoms with van der Waals surface area (Å²) in [6, 6.07) is 7.13. The molecule has 106 valence electrons. The van der Waals surface area contributed by atoms with E-state index >= 15 is 0 Å². The van der Waals surface area contributed by atoms with Gasteiger partial charge in [0.2, 0.25) is 11.5 Å². The number of anilines is 1. The Morgan fingerprint density at radius 1 is 1.30 bits per heavy atom. The standard InChI is InChI=1S/C13H15ClN4O2/c1-7(2)10(8-3-5-9(14)6-4-8)16-13(19)11-12(15)18-20-17-11/h3-7,10H,1-2H3,(H2,15,18)(H,16,19). The van der Waals surface area contributed by atoms with Crippen molar-refractivity contribution in [3.8, 4) is 0 Å². The third-order valence-corrected chi connectivity index (χ3v) is 3.16. The van der Waals surface area contributed by atoms with Gasteiger partial charge in [-0.15, -0.1) is 0 Å². The Hall–Kier alpha value is -2.08. The van der Waals surface area contributed by atoms with Gasteiger partial charge in [0.1, 0.15) is 0 Å². The number of hydrogen-bond donors (Lipinski definition) is 2. The van der Waals surface area contributed by atoms with E-state index in [9.17, 15) is 4.79 Å². The van der Waals surface area contributed by atoms with E-state index in [4.69, 9.17) is 17.3 Å². The minimum atomic E-state index is -0.419. The van der Waals surface area contributed by atoms with E-state index in [0.29, 0.717) is 5.02 Å². The lowest BCUT2D eigenvalue weighted by Gasteiger charge is -2.22. The van der Waals surface area contributed by atoms with Crippen molar-refractivity contribution < 1.29 is 9.42 Å². The normalized spacial score (nSPS) is 12.4. The van der Waals surface area contributed by atoms with Gasteiger partial charge in [-0.25, -0.2) is 4.63 Å². The molecule has 0 bridgehead atoms. The highest BCUT2D eigenvalue weighted by Gasteiger charge is 2.23. The quantitative estimate of drug-likeness (QED) is 0.903. The van der Waals surface area contributed by atoms with Crippen molar-refractivity contribution in [3.63, 3.8) is 0 Å². The largest absolute Gasteiger partial charge is 0.379 e. The molecule has 0 aliphatic heterocycles. The molecule has 3 N–H and O–H groups in total. The van der Waals surface area contributed by atoms with Crippen LogP contribution in [0.1, 0.15) is 35.9 Å². The molecule has 1 atom stereocenters. The van der Waals surface area contributed by atoms with Crippen LogP contribution in [0.4, 0.5) is 5.82 Å². The maximum absolute atomic E-state index is 12.1. The summed E-state index contributed by atoms with van der Waals surface area (Å²) in [5.74, 6) is -0.264. The molecule has 6 nitrogen and oxygen atoms in total. The fourth-order valence-corrected chi connectivity index (χ4v) is 1.99. The summed E-state index contributed by atoms with van der Waals surface area (Å²) in [6.45, 7) is 4.01. The molecular weight excluding hydrogens is 280 g/mol. The van der Waals surface area contributed by atoms with Crippen molar-refractivity contribution in [2.45, 2.75) is 19.9 Å². The average Bonchev–Trinajstić information content (AvgIpc) is 2.83. The lowest BCUT2D eigenvalue weighted by Crippen LogP contribution is -2.32. The monoisotopic (exact) mass is 294 g/mol. The average molecular weight is 295 g/mol. The fourth-order valence-electron chi connectivity index (χ4n) is 1.87. The van der Waals surface area contributed by atoms with E-state index in [-0.39, 0.29) is 23.5 Å². The van der Waals surface area contributed by atoms with Crippen molar-refractivity contribution in [2.75, 3.05) is 5.73 Å². The third-order valence-electron chi connectivity index (χ3n) is 2.91. The molecule has 1 unspecified atom stereocenters. The summed E-state index contributed by atoms with van der Waals surface area (Å²) < 4.78 is 4.43. The first kappa shape index (κ1) is 14.3. The van der Waals surface area contributed by atoms with Crippen molar-refractivity contribution in [1.29, 1.82) is 0 Å². The number of nitrogen functional groups attached to an aromatic ring is 1. The number of rotatable bonds is 4. The van der Waals surface area contributed by atoms with Gasteiger partial charge < -0.3 is 11.1 Å². The summed E-state index contributed by atoms with van der Waals surface area (Å²) in [7, 11) is 0. The van der Waals surface area contributed by atoms with Crippen molar-refractivity contribution in [1.82, 2.24) is 15.6 Å². The van der Waals surface area contributed by atoms with E-state index < -0.39 is 5.91 Å². The zero-order valence-corrected chi connectivity index (χ0v) is 11.9. The van der Waals surface area contributed by atoms with Gasteiger partial charge in [-0.1, -0.05) is 37.6 Å². The van der Waals surface area contributed by atoms with Crippen LogP contribution in [0.2, 0.25) is 5.02 Å². The Morgan fingerprint density at radius 3 is 2.45 bits per heavy atom. The summed E-state index contributed by atoms with van der Waals surface area (Å²) >= 11 is 5.87. The van der Waals surface area contributed by atoms with E-state index in [1.54, 1.807) is 12.1 Å². The minimum absolute atomic E-state index is 0.00962. The molecule has 1 amide bonds. The van der Waals surface area contributed by atoms with Gasteiger partial charge in [0.05, 0.1) is 6.04 Å². The molecule has 1 aromatic carbocycles. The van der Waals surface area contributed by atoms with Gasteiger partial charge in [-0.05, 0) is 33.9 Å². The second-order valence-corrected chi connectivity index (χ2v) is 5.18. The first-order chi connectivity index (χ1) is 9.49. The first-order valence-corrected chi connectivity index (χ1v) is 6.51. The fraction of sp³-hybridized carbons (Fsp3) is 0.308. The van der Waals surface area contributed by atoms with Gasteiger partial charge in [0.25, 0.3) is 5.91 Å². The number of hydrogen-bond acceptors (Lipinski definition) is 5. The van der Waals surface area contributed by atoms with Gasteiger partial charge in [0.15, 0.2) is 0 Å². The SMILES string of the molecule is CC(C)C(NC(=O)c1nonc1N)c1ccc(Cl)cc1. The molecule has 0 saturated heterocycles. The lowest BCUT2D eigenvalue weighted by atomic mass is 9.96. The molecule has 7 heteroatoms. The number of carbonyl (C=O) groups excluding carboxylic acids is 1. The Morgan fingerprint density at radius 2 is 1.95 bits per heavy atom. The van der Waals surface area contributed by atoms with Crippen LogP contribution in [0.25, 0.3) is 0 Å². The second-order valence-electron chi connectivity index (χ2n) is 4.74. The Kier molecular flexibility index (Phi) is 4.24. The summed E-state index contributed by atoms with van der Waals surface area (Å²) in [6.07, 6.45) is 0. The minimum Gasteiger partial charge on any atom is -0.379 e. The number of carbonyl (C=O) groups is 1. The van der Waals surface area contributed by atoms with E-state index in [1.807, 2.05) is 26.0 Å². The van der Waals surface area contributed by atoms with E-state index in [0.717, 1.165) is 5.56 Å². The van der Waals surface area contributed by atoms with Crippen LogP contribution in [0, 0.1) is 5.92 Å². The Balaban J connectivity index is 2.20. The molecule has 0 fully saturated rings. The molecule has 0 aliphatic carbocycles. The van der Waals surface area contributed by atoms with Crippen LogP contribution < -0.4 is 11.1 Å². The van der Waals surface area contributed by atoms with Gasteiger partial charge in [-0.3, -0.25) is 4.79 Å². The van der Waals surface area contributed by atoms with E-state index in [2.05, 4.69) is 20.3 Å². The van der Waals surface area contributed by atoms with Crippen LogP contribution in [-0.2, 0) is 0 Å². The van der Waals surface area contributed by atoms with Crippen LogP contribution in [0.3, 0.4) is 0 Å². The van der Waals surface area contributed by atoms with Gasteiger partial charge in [-0.2, -0.15) is 0 Å². The number of nitrogens with zero attached hydrogens (tertiary/aromatic N) is 2. The highest BCUT2D eigenvalue weighted by molar-refractivity contribution is 6.30. The highest BCUT2D eigenvalue weighted by Crippen LogP contribution is 2.24. The van der Waals surface area contributed by atoms with Crippen LogP contribution in [0.15, 0.2) is 28.9 Å². The Bertz CT molecular complexity index is 595. The number of benzene rings is 1. The molecular formula is C13H15ClN4O2. The van der Waals surface area contributed by atoms with Crippen LogP contribution >= 0.6 is 11.6 Å². The molecule has 2 rings (SSSR count). The number of aromatic nitrogens is 2. The van der Waals surface area contributed by atoms with Crippen LogP contribution in [-0.4, -0.2) is 16.2 Å². The lowest BCUT2D eigenvalue weighted by molar-refractivity contribution is 0.0916. The molecule has 2 aromatic rings. The number of nitrogens with one attached hydrogen (secondary N) is 1. The maximum atomic E-state index is 12.1. The van der Waals surface area contributed by atoms with Crippen molar-refractivity contribution in [3.05, 3.63) is 40.5 Å². The van der Waals surface area contributed by atoms with Gasteiger partial charge >= 0.3 is 0 Å². The van der Waals surface area contributed by atoms with Crippen molar-refractivity contribution in [2.24, 2.45) is 5.92 Å². The third kappa shape index (κ3) is 3.08. The zero-order chi connectivity index (χ0) is 14.7. The number of amides is 1. The summed E-state index contributed by atoms with van der Waals surface area (Å²) in [5.41, 5.74) is 6.45. The smallest absolute Gasteiger partial charge is 0.277 e. The van der Waals surface area contributed by atoms with E-state index in [1.165, 1.54) is 0 Å². The molecule has 0 spiro atoms. The molecule has 0 aliphatic rings.